The summed E-state index contributed by atoms with van der Waals surface area (Å²) < 4.78 is 5.89. The third-order valence-electron chi connectivity index (χ3n) is 4.21. The Morgan fingerprint density at radius 2 is 2.07 bits per heavy atom. The highest BCUT2D eigenvalue weighted by Gasteiger charge is 2.41. The molecule has 1 aliphatic heterocycles. The highest BCUT2D eigenvalue weighted by molar-refractivity contribution is 4.99. The first kappa shape index (κ1) is 11.4. The summed E-state index contributed by atoms with van der Waals surface area (Å²) in [5.74, 6) is 0. The van der Waals surface area contributed by atoms with Crippen LogP contribution in [0.2, 0.25) is 0 Å². The lowest BCUT2D eigenvalue weighted by molar-refractivity contribution is -0.0589. The summed E-state index contributed by atoms with van der Waals surface area (Å²) in [5, 5.41) is 0. The van der Waals surface area contributed by atoms with Gasteiger partial charge in [0.05, 0.1) is 6.10 Å². The van der Waals surface area contributed by atoms with Crippen molar-refractivity contribution in [3.05, 3.63) is 0 Å². The number of nitrogens with two attached hydrogens (primary N) is 1. The molecule has 0 spiro atoms. The van der Waals surface area contributed by atoms with Crippen molar-refractivity contribution in [3.63, 3.8) is 0 Å². The number of ether oxygens (including phenoxy) is 1. The van der Waals surface area contributed by atoms with Crippen LogP contribution in [0.1, 0.15) is 58.8 Å². The fourth-order valence-electron chi connectivity index (χ4n) is 2.50. The zero-order chi connectivity index (χ0) is 10.9. The van der Waals surface area contributed by atoms with Gasteiger partial charge in [-0.05, 0) is 50.4 Å². The molecule has 15 heavy (non-hydrogen) atoms. The van der Waals surface area contributed by atoms with Crippen molar-refractivity contribution in [3.8, 4) is 0 Å². The third kappa shape index (κ3) is 2.94. The lowest BCUT2D eigenvalue weighted by Crippen LogP contribution is -2.36. The Kier molecular flexibility index (Phi) is 3.09. The highest BCUT2D eigenvalue weighted by Crippen LogP contribution is 2.42. The van der Waals surface area contributed by atoms with E-state index in [9.17, 15) is 0 Å². The first-order valence-electron chi connectivity index (χ1n) is 6.42. The molecule has 1 saturated heterocycles. The molecule has 0 aromatic carbocycles. The van der Waals surface area contributed by atoms with Crippen molar-refractivity contribution in [2.24, 2.45) is 11.1 Å². The summed E-state index contributed by atoms with van der Waals surface area (Å²) in [6.07, 6.45) is 9.14. The Morgan fingerprint density at radius 3 is 2.60 bits per heavy atom. The first-order valence-corrected chi connectivity index (χ1v) is 6.42. The van der Waals surface area contributed by atoms with Gasteiger partial charge >= 0.3 is 0 Å². The van der Waals surface area contributed by atoms with Crippen LogP contribution in [-0.4, -0.2) is 18.2 Å². The van der Waals surface area contributed by atoms with Crippen LogP contribution >= 0.6 is 0 Å². The molecule has 2 rings (SSSR count). The molecule has 0 aromatic rings. The Bertz CT molecular complexity index is 215. The average molecular weight is 211 g/mol. The summed E-state index contributed by atoms with van der Waals surface area (Å²) in [5.41, 5.74) is 6.66. The maximum Gasteiger partial charge on any atom is 0.0626 e. The van der Waals surface area contributed by atoms with Gasteiger partial charge in [0, 0.05) is 12.1 Å². The van der Waals surface area contributed by atoms with Gasteiger partial charge in [-0.25, -0.2) is 0 Å². The SMILES string of the molecule is CC(C)(CCC1(N)CC1)C1CCCCO1. The average Bonchev–Trinajstić information content (AvgIpc) is 2.96. The number of hydrogen-bond donors (Lipinski definition) is 1. The van der Waals surface area contributed by atoms with Gasteiger partial charge in [-0.15, -0.1) is 0 Å². The van der Waals surface area contributed by atoms with E-state index in [1.807, 2.05) is 0 Å². The Balaban J connectivity index is 1.81. The van der Waals surface area contributed by atoms with E-state index in [4.69, 9.17) is 10.5 Å². The van der Waals surface area contributed by atoms with Gasteiger partial charge in [0.2, 0.25) is 0 Å². The van der Waals surface area contributed by atoms with Gasteiger partial charge in [0.1, 0.15) is 0 Å². The second kappa shape index (κ2) is 4.06. The molecule has 2 nitrogen and oxygen atoms in total. The molecule has 1 atom stereocenters. The molecule has 0 bridgehead atoms. The standard InChI is InChI=1S/C13H25NO/c1-12(2,6-7-13(14)8-9-13)11-5-3-4-10-15-11/h11H,3-10,14H2,1-2H3. The van der Waals surface area contributed by atoms with Gasteiger partial charge < -0.3 is 10.5 Å². The number of hydrogen-bond acceptors (Lipinski definition) is 2. The molecule has 1 unspecified atom stereocenters. The quantitative estimate of drug-likeness (QED) is 0.776. The fraction of sp³-hybridized carbons (Fsp3) is 1.00. The van der Waals surface area contributed by atoms with Crippen LogP contribution in [0.5, 0.6) is 0 Å². The summed E-state index contributed by atoms with van der Waals surface area (Å²) in [6, 6.07) is 0. The maximum absolute atomic E-state index is 6.14. The van der Waals surface area contributed by atoms with Gasteiger partial charge in [0.15, 0.2) is 0 Å². The van der Waals surface area contributed by atoms with Crippen LogP contribution in [0.25, 0.3) is 0 Å². The molecule has 1 aliphatic carbocycles. The molecule has 88 valence electrons. The molecule has 1 saturated carbocycles. The van der Waals surface area contributed by atoms with Crippen LogP contribution < -0.4 is 5.73 Å². The van der Waals surface area contributed by atoms with Crippen molar-refractivity contribution < 1.29 is 4.74 Å². The molecule has 1 heterocycles. The Labute approximate surface area is 93.6 Å². The molecule has 0 amide bonds. The zero-order valence-corrected chi connectivity index (χ0v) is 10.2. The van der Waals surface area contributed by atoms with Crippen molar-refractivity contribution in [2.75, 3.05) is 6.61 Å². The lowest BCUT2D eigenvalue weighted by Gasteiger charge is -2.37. The Hall–Kier alpha value is -0.0800. The minimum atomic E-state index is 0.200. The molecule has 0 radical (unpaired) electrons. The summed E-state index contributed by atoms with van der Waals surface area (Å²) >= 11 is 0. The topological polar surface area (TPSA) is 35.2 Å². The molecule has 2 N–H and O–H groups in total. The molecule has 0 aromatic heterocycles. The Morgan fingerprint density at radius 1 is 1.33 bits per heavy atom. The van der Waals surface area contributed by atoms with Gasteiger partial charge in [-0.1, -0.05) is 13.8 Å². The van der Waals surface area contributed by atoms with E-state index >= 15 is 0 Å². The summed E-state index contributed by atoms with van der Waals surface area (Å²) in [6.45, 7) is 5.64. The first-order chi connectivity index (χ1) is 7.02. The van der Waals surface area contributed by atoms with E-state index in [1.165, 1.54) is 44.9 Å². The van der Waals surface area contributed by atoms with E-state index in [2.05, 4.69) is 13.8 Å². The third-order valence-corrected chi connectivity index (χ3v) is 4.21. The van der Waals surface area contributed by atoms with E-state index in [0.29, 0.717) is 11.5 Å². The van der Waals surface area contributed by atoms with E-state index < -0.39 is 0 Å². The van der Waals surface area contributed by atoms with Gasteiger partial charge in [-0.2, -0.15) is 0 Å². The van der Waals surface area contributed by atoms with Crippen LogP contribution in [0.3, 0.4) is 0 Å². The van der Waals surface area contributed by atoms with Crippen LogP contribution in [-0.2, 0) is 4.74 Å². The van der Waals surface area contributed by atoms with Gasteiger partial charge in [0.25, 0.3) is 0 Å². The van der Waals surface area contributed by atoms with Gasteiger partial charge in [-0.3, -0.25) is 0 Å². The van der Waals surface area contributed by atoms with Crippen LogP contribution in [0, 0.1) is 5.41 Å². The predicted molar refractivity (Wildman–Crippen MR) is 62.8 cm³/mol. The van der Waals surface area contributed by atoms with Crippen LogP contribution in [0.4, 0.5) is 0 Å². The molecular formula is C13H25NO. The minimum Gasteiger partial charge on any atom is -0.378 e. The monoisotopic (exact) mass is 211 g/mol. The molecule has 2 aliphatic rings. The van der Waals surface area contributed by atoms with Crippen molar-refractivity contribution >= 4 is 0 Å². The summed E-state index contributed by atoms with van der Waals surface area (Å²) in [7, 11) is 0. The summed E-state index contributed by atoms with van der Waals surface area (Å²) in [4.78, 5) is 0. The largest absolute Gasteiger partial charge is 0.378 e. The minimum absolute atomic E-state index is 0.200. The second-order valence-electron chi connectivity index (χ2n) is 6.21. The second-order valence-corrected chi connectivity index (χ2v) is 6.21. The van der Waals surface area contributed by atoms with Crippen molar-refractivity contribution in [1.82, 2.24) is 0 Å². The molecule has 2 heteroatoms. The molecular weight excluding hydrogens is 186 g/mol. The van der Waals surface area contributed by atoms with E-state index in [-0.39, 0.29) is 5.54 Å². The van der Waals surface area contributed by atoms with E-state index in [1.54, 1.807) is 0 Å². The van der Waals surface area contributed by atoms with Crippen molar-refractivity contribution in [1.29, 1.82) is 0 Å². The number of rotatable bonds is 4. The van der Waals surface area contributed by atoms with E-state index in [0.717, 1.165) is 6.61 Å². The van der Waals surface area contributed by atoms with Crippen LogP contribution in [0.15, 0.2) is 0 Å². The molecule has 2 fully saturated rings. The zero-order valence-electron chi connectivity index (χ0n) is 10.2. The predicted octanol–water partition coefficient (Wildman–Crippen LogP) is 2.85. The lowest BCUT2D eigenvalue weighted by atomic mass is 9.78. The van der Waals surface area contributed by atoms with Crippen molar-refractivity contribution in [2.45, 2.75) is 70.4 Å². The maximum atomic E-state index is 6.14. The normalized spacial score (nSPS) is 30.2. The smallest absolute Gasteiger partial charge is 0.0626 e. The highest BCUT2D eigenvalue weighted by atomic mass is 16.5. The fourth-order valence-corrected chi connectivity index (χ4v) is 2.50.